The number of pyridine rings is 1. The van der Waals surface area contributed by atoms with Gasteiger partial charge in [-0.1, -0.05) is 0 Å². The zero-order valence-electron chi connectivity index (χ0n) is 18.9. The second-order valence-corrected chi connectivity index (χ2v) is 8.46. The Hall–Kier alpha value is -3.38. The molecule has 1 fully saturated rings. The van der Waals surface area contributed by atoms with Gasteiger partial charge in [0.05, 0.1) is 26.1 Å². The smallest absolute Gasteiger partial charge is 0.263 e. The third-order valence-corrected chi connectivity index (χ3v) is 6.11. The summed E-state index contributed by atoms with van der Waals surface area (Å²) >= 11 is 0. The number of alkyl halides is 1. The number of aliphatic imine (C=N–C) groups is 1. The van der Waals surface area contributed by atoms with Gasteiger partial charge in [0.2, 0.25) is 12.2 Å². The van der Waals surface area contributed by atoms with Crippen LogP contribution in [0.25, 0.3) is 0 Å². The molecule has 3 aliphatic heterocycles. The van der Waals surface area contributed by atoms with Gasteiger partial charge in [-0.25, -0.2) is 14.4 Å². The Morgan fingerprint density at radius 1 is 1.32 bits per heavy atom. The van der Waals surface area contributed by atoms with E-state index in [1.54, 1.807) is 30.3 Å². The van der Waals surface area contributed by atoms with Crippen LogP contribution in [0.2, 0.25) is 0 Å². The molecule has 1 unspecified atom stereocenters. The summed E-state index contributed by atoms with van der Waals surface area (Å²) in [5.41, 5.74) is 0.647. The van der Waals surface area contributed by atoms with E-state index in [4.69, 9.17) is 9.47 Å². The van der Waals surface area contributed by atoms with Crippen molar-refractivity contribution in [2.75, 3.05) is 56.7 Å². The summed E-state index contributed by atoms with van der Waals surface area (Å²) in [6.07, 6.45) is 2.65. The highest BCUT2D eigenvalue weighted by Crippen LogP contribution is 2.33. The molecule has 1 amide bonds. The van der Waals surface area contributed by atoms with Crippen LogP contribution >= 0.6 is 0 Å². The maximum atomic E-state index is 14.6. The number of ether oxygens (including phenoxy) is 2. The molecule has 2 N–H and O–H groups in total. The molecule has 0 aromatic carbocycles. The zero-order chi connectivity index (χ0) is 23.5. The summed E-state index contributed by atoms with van der Waals surface area (Å²) in [6, 6.07) is 3.52. The Morgan fingerprint density at radius 2 is 2.24 bits per heavy atom. The molecule has 0 bridgehead atoms. The molecule has 0 spiro atoms. The number of amides is 1. The highest BCUT2D eigenvalue weighted by atomic mass is 19.1. The molecule has 0 aliphatic carbocycles. The van der Waals surface area contributed by atoms with E-state index in [2.05, 4.69) is 35.5 Å². The van der Waals surface area contributed by atoms with Gasteiger partial charge in [0.1, 0.15) is 11.5 Å². The minimum absolute atomic E-state index is 0.0132. The van der Waals surface area contributed by atoms with Crippen molar-refractivity contribution in [2.45, 2.75) is 19.3 Å². The molecule has 5 rings (SSSR count). The molecule has 2 aromatic heterocycles. The molecule has 0 saturated carbocycles. The number of fused-ring (bicyclic) bond motifs is 2. The van der Waals surface area contributed by atoms with Gasteiger partial charge in [-0.3, -0.25) is 9.79 Å². The van der Waals surface area contributed by atoms with Gasteiger partial charge in [0.15, 0.2) is 24.0 Å². The highest BCUT2D eigenvalue weighted by molar-refractivity contribution is 5.94. The summed E-state index contributed by atoms with van der Waals surface area (Å²) < 4.78 is 25.1. The number of carbonyl (C=O) groups is 1. The number of halogens is 1. The van der Waals surface area contributed by atoms with Crippen molar-refractivity contribution in [3.63, 3.8) is 0 Å². The van der Waals surface area contributed by atoms with Crippen LogP contribution in [0.5, 0.6) is 11.6 Å². The Kier molecular flexibility index (Phi) is 6.50. The number of anilines is 2. The Balaban J connectivity index is 1.09. The van der Waals surface area contributed by atoms with E-state index in [-0.39, 0.29) is 12.5 Å². The van der Waals surface area contributed by atoms with E-state index in [0.29, 0.717) is 53.8 Å². The fourth-order valence-electron chi connectivity index (χ4n) is 4.34. The van der Waals surface area contributed by atoms with Crippen LogP contribution in [-0.4, -0.2) is 84.7 Å². The number of methoxy groups -OCH3 is 1. The normalized spacial score (nSPS) is 21.6. The Bertz CT molecular complexity index is 1080. The van der Waals surface area contributed by atoms with E-state index in [1.807, 2.05) is 0 Å². The highest BCUT2D eigenvalue weighted by Gasteiger charge is 2.28. The second-order valence-electron chi connectivity index (χ2n) is 8.46. The lowest BCUT2D eigenvalue weighted by Crippen LogP contribution is -2.41. The van der Waals surface area contributed by atoms with Crippen LogP contribution in [0.4, 0.5) is 21.7 Å². The SMILES string of the molecule is COc1ccc2c(n1)N(CCN1CC[C@@H](CNCc3ncc4c(n3)NC(=O)CO4)C1)C(F)C=N2. The van der Waals surface area contributed by atoms with Crippen LogP contribution in [0.15, 0.2) is 23.3 Å². The van der Waals surface area contributed by atoms with E-state index in [9.17, 15) is 9.18 Å². The Morgan fingerprint density at radius 3 is 3.12 bits per heavy atom. The summed E-state index contributed by atoms with van der Waals surface area (Å²) in [6.45, 7) is 4.44. The average Bonchev–Trinajstić information content (AvgIpc) is 3.30. The average molecular weight is 471 g/mol. The van der Waals surface area contributed by atoms with Crippen molar-refractivity contribution in [3.8, 4) is 11.6 Å². The first-order valence-corrected chi connectivity index (χ1v) is 11.3. The van der Waals surface area contributed by atoms with Crippen LogP contribution in [-0.2, 0) is 11.3 Å². The number of carbonyl (C=O) groups excluding carboxylic acids is 1. The van der Waals surface area contributed by atoms with Gasteiger partial charge in [-0.05, 0) is 31.5 Å². The third-order valence-electron chi connectivity index (χ3n) is 6.11. The Labute approximate surface area is 196 Å². The second kappa shape index (κ2) is 9.85. The largest absolute Gasteiger partial charge is 0.481 e. The monoisotopic (exact) mass is 470 g/mol. The maximum Gasteiger partial charge on any atom is 0.263 e. The summed E-state index contributed by atoms with van der Waals surface area (Å²) in [4.78, 5) is 32.6. The quantitative estimate of drug-likeness (QED) is 0.548. The lowest BCUT2D eigenvalue weighted by atomic mass is 10.1. The van der Waals surface area contributed by atoms with Gasteiger partial charge >= 0.3 is 0 Å². The fourth-order valence-corrected chi connectivity index (χ4v) is 4.34. The van der Waals surface area contributed by atoms with Crippen LogP contribution < -0.4 is 25.0 Å². The standard InChI is InChI=1S/C22H27FN8O3/c1-33-20-3-2-15-22(29-20)31(17(23)10-25-15)7-6-30-5-4-14(12-30)8-24-11-18-26-9-16-21(27-18)28-19(32)13-34-16/h2-3,9-10,14,17,24H,4-8,11-13H2,1H3,(H,26,27,28,32)/t14-,17?/m0/s1. The number of aromatic nitrogens is 3. The van der Waals surface area contributed by atoms with Crippen molar-refractivity contribution in [1.29, 1.82) is 0 Å². The number of nitrogens with one attached hydrogen (secondary N) is 2. The molecule has 1 saturated heterocycles. The molecule has 12 heteroatoms. The minimum atomic E-state index is -1.31. The lowest BCUT2D eigenvalue weighted by molar-refractivity contribution is -0.118. The predicted molar refractivity (Wildman–Crippen MR) is 124 cm³/mol. The van der Waals surface area contributed by atoms with Crippen molar-refractivity contribution in [3.05, 3.63) is 24.2 Å². The molecule has 3 aliphatic rings. The first-order valence-electron chi connectivity index (χ1n) is 11.3. The summed E-state index contributed by atoms with van der Waals surface area (Å²) in [5, 5.41) is 6.10. The molecule has 0 radical (unpaired) electrons. The maximum absolute atomic E-state index is 14.6. The third kappa shape index (κ3) is 4.92. The summed E-state index contributed by atoms with van der Waals surface area (Å²) in [5.74, 6) is 2.72. The molecule has 5 heterocycles. The van der Waals surface area contributed by atoms with E-state index < -0.39 is 6.30 Å². The first kappa shape index (κ1) is 22.4. The number of likely N-dealkylation sites (tertiary alicyclic amines) is 1. The van der Waals surface area contributed by atoms with Gasteiger partial charge in [0.25, 0.3) is 5.91 Å². The molecular formula is C22H27FN8O3. The van der Waals surface area contributed by atoms with E-state index in [0.717, 1.165) is 32.6 Å². The fraction of sp³-hybridized carbons (Fsp3) is 0.500. The van der Waals surface area contributed by atoms with Crippen molar-refractivity contribution >= 4 is 29.4 Å². The predicted octanol–water partition coefficient (Wildman–Crippen LogP) is 1.14. The topological polar surface area (TPSA) is 117 Å². The molecule has 2 atom stereocenters. The molecular weight excluding hydrogens is 443 g/mol. The van der Waals surface area contributed by atoms with E-state index in [1.165, 1.54) is 6.21 Å². The van der Waals surface area contributed by atoms with Gasteiger partial charge < -0.3 is 29.9 Å². The number of hydrogen-bond donors (Lipinski definition) is 2. The number of hydrogen-bond acceptors (Lipinski definition) is 10. The first-order chi connectivity index (χ1) is 16.6. The van der Waals surface area contributed by atoms with Crippen molar-refractivity contribution in [2.24, 2.45) is 10.9 Å². The minimum Gasteiger partial charge on any atom is -0.481 e. The zero-order valence-corrected chi connectivity index (χ0v) is 18.9. The van der Waals surface area contributed by atoms with Crippen LogP contribution in [0, 0.1) is 5.92 Å². The molecule has 2 aromatic rings. The summed E-state index contributed by atoms with van der Waals surface area (Å²) in [7, 11) is 1.54. The lowest BCUT2D eigenvalue weighted by Gasteiger charge is -2.30. The van der Waals surface area contributed by atoms with Crippen molar-refractivity contribution < 1.29 is 18.7 Å². The van der Waals surface area contributed by atoms with Gasteiger partial charge in [-0.15, -0.1) is 0 Å². The molecule has 11 nitrogen and oxygen atoms in total. The number of rotatable bonds is 8. The van der Waals surface area contributed by atoms with Gasteiger partial charge in [0, 0.05) is 25.7 Å². The van der Waals surface area contributed by atoms with Crippen LogP contribution in [0.1, 0.15) is 12.2 Å². The van der Waals surface area contributed by atoms with Crippen LogP contribution in [0.3, 0.4) is 0 Å². The van der Waals surface area contributed by atoms with Gasteiger partial charge in [-0.2, -0.15) is 4.98 Å². The van der Waals surface area contributed by atoms with Crippen molar-refractivity contribution in [1.82, 2.24) is 25.2 Å². The molecule has 180 valence electrons. The molecule has 34 heavy (non-hydrogen) atoms. The van der Waals surface area contributed by atoms with E-state index >= 15 is 0 Å². The number of nitrogens with zero attached hydrogens (tertiary/aromatic N) is 6.